The molecule has 0 atom stereocenters. The molecule has 15 heavy (non-hydrogen) atoms. The fraction of sp³-hybridized carbons (Fsp3) is 0.417. The van der Waals surface area contributed by atoms with Crippen LogP contribution in [0.4, 0.5) is 5.69 Å². The van der Waals surface area contributed by atoms with Gasteiger partial charge in [-0.1, -0.05) is 0 Å². The van der Waals surface area contributed by atoms with Gasteiger partial charge in [-0.25, -0.2) is 4.98 Å². The van der Waals surface area contributed by atoms with Gasteiger partial charge in [0, 0.05) is 11.7 Å². The predicted octanol–water partition coefficient (Wildman–Crippen LogP) is 3.57. The molecule has 1 aliphatic carbocycles. The summed E-state index contributed by atoms with van der Waals surface area (Å²) in [6, 6.07) is 7.19. The van der Waals surface area contributed by atoms with E-state index >= 15 is 0 Å². The summed E-state index contributed by atoms with van der Waals surface area (Å²) in [6.45, 7) is 2.06. The van der Waals surface area contributed by atoms with Crippen molar-refractivity contribution in [3.63, 3.8) is 0 Å². The molecule has 0 spiro atoms. The number of benzene rings is 1. The number of hydrogen-bond donors (Lipinski definition) is 1. The third kappa shape index (κ3) is 1.72. The quantitative estimate of drug-likeness (QED) is 0.833. The minimum Gasteiger partial charge on any atom is -0.382 e. The molecule has 2 nitrogen and oxygen atoms in total. The van der Waals surface area contributed by atoms with Crippen LogP contribution in [-0.4, -0.2) is 11.0 Å². The van der Waals surface area contributed by atoms with Crippen molar-refractivity contribution in [1.29, 1.82) is 0 Å². The standard InChI is InChI=1S/C12H14N2S/c1-8-13-11-7-10(5-6-12(11)15-8)14-9-3-2-4-9/h5-7,9,14H,2-4H2,1H3. The monoisotopic (exact) mass is 218 g/mol. The molecule has 1 fully saturated rings. The Morgan fingerprint density at radius 1 is 1.40 bits per heavy atom. The van der Waals surface area contributed by atoms with E-state index in [1.165, 1.54) is 29.6 Å². The van der Waals surface area contributed by atoms with Crippen LogP contribution in [0.1, 0.15) is 24.3 Å². The number of aryl methyl sites for hydroxylation is 1. The minimum absolute atomic E-state index is 0.696. The molecule has 1 N–H and O–H groups in total. The minimum atomic E-state index is 0.696. The summed E-state index contributed by atoms with van der Waals surface area (Å²) in [4.78, 5) is 4.50. The predicted molar refractivity (Wildman–Crippen MR) is 65.6 cm³/mol. The van der Waals surface area contributed by atoms with E-state index in [2.05, 4.69) is 35.4 Å². The van der Waals surface area contributed by atoms with Crippen molar-refractivity contribution in [3.05, 3.63) is 23.2 Å². The maximum Gasteiger partial charge on any atom is 0.0907 e. The zero-order valence-corrected chi connectivity index (χ0v) is 9.60. The summed E-state index contributed by atoms with van der Waals surface area (Å²) in [5, 5.41) is 4.69. The smallest absolute Gasteiger partial charge is 0.0907 e. The van der Waals surface area contributed by atoms with Crippen LogP contribution in [0, 0.1) is 6.92 Å². The molecule has 0 saturated heterocycles. The highest BCUT2D eigenvalue weighted by Crippen LogP contribution is 2.27. The van der Waals surface area contributed by atoms with Crippen molar-refractivity contribution in [2.45, 2.75) is 32.2 Å². The lowest BCUT2D eigenvalue weighted by molar-refractivity contribution is 0.445. The molecular formula is C12H14N2S. The number of aromatic nitrogens is 1. The number of nitrogens with zero attached hydrogens (tertiary/aromatic N) is 1. The Labute approximate surface area is 93.3 Å². The van der Waals surface area contributed by atoms with Gasteiger partial charge in [-0.2, -0.15) is 0 Å². The van der Waals surface area contributed by atoms with E-state index in [4.69, 9.17) is 0 Å². The number of nitrogens with one attached hydrogen (secondary N) is 1. The zero-order valence-electron chi connectivity index (χ0n) is 8.79. The van der Waals surface area contributed by atoms with Gasteiger partial charge >= 0.3 is 0 Å². The fourth-order valence-corrected chi connectivity index (χ4v) is 2.73. The highest BCUT2D eigenvalue weighted by Gasteiger charge is 2.16. The summed E-state index contributed by atoms with van der Waals surface area (Å²) < 4.78 is 1.28. The van der Waals surface area contributed by atoms with E-state index < -0.39 is 0 Å². The number of anilines is 1. The lowest BCUT2D eigenvalue weighted by Crippen LogP contribution is -2.26. The summed E-state index contributed by atoms with van der Waals surface area (Å²) in [5.41, 5.74) is 2.35. The lowest BCUT2D eigenvalue weighted by atomic mass is 9.93. The highest BCUT2D eigenvalue weighted by molar-refractivity contribution is 7.18. The third-order valence-corrected chi connectivity index (χ3v) is 3.92. The molecule has 1 aromatic heterocycles. The third-order valence-electron chi connectivity index (χ3n) is 2.97. The summed E-state index contributed by atoms with van der Waals surface area (Å²) >= 11 is 1.76. The van der Waals surface area contributed by atoms with Crippen LogP contribution in [-0.2, 0) is 0 Å². The van der Waals surface area contributed by atoms with Crippen molar-refractivity contribution >= 4 is 27.2 Å². The second-order valence-electron chi connectivity index (χ2n) is 4.19. The average molecular weight is 218 g/mol. The van der Waals surface area contributed by atoms with Crippen molar-refractivity contribution in [2.24, 2.45) is 0 Å². The molecule has 0 amide bonds. The Morgan fingerprint density at radius 3 is 3.00 bits per heavy atom. The lowest BCUT2D eigenvalue weighted by Gasteiger charge is -2.27. The second-order valence-corrected chi connectivity index (χ2v) is 5.42. The fourth-order valence-electron chi connectivity index (χ4n) is 1.92. The first-order chi connectivity index (χ1) is 7.31. The van der Waals surface area contributed by atoms with Crippen molar-refractivity contribution in [3.8, 4) is 0 Å². The van der Waals surface area contributed by atoms with E-state index in [0.717, 1.165) is 10.5 Å². The molecule has 1 saturated carbocycles. The maximum absolute atomic E-state index is 4.50. The Kier molecular flexibility index (Phi) is 2.13. The van der Waals surface area contributed by atoms with Crippen LogP contribution in [0.5, 0.6) is 0 Å². The van der Waals surface area contributed by atoms with Crippen LogP contribution in [0.3, 0.4) is 0 Å². The number of hydrogen-bond acceptors (Lipinski definition) is 3. The molecule has 0 aliphatic heterocycles. The molecule has 0 bridgehead atoms. The normalized spacial score (nSPS) is 16.6. The van der Waals surface area contributed by atoms with Crippen molar-refractivity contribution in [2.75, 3.05) is 5.32 Å². The first kappa shape index (κ1) is 9.16. The van der Waals surface area contributed by atoms with Crippen LogP contribution in [0.15, 0.2) is 18.2 Å². The summed E-state index contributed by atoms with van der Waals surface area (Å²) in [5.74, 6) is 0. The molecule has 0 unspecified atom stereocenters. The van der Waals surface area contributed by atoms with Crippen LogP contribution in [0.2, 0.25) is 0 Å². The Morgan fingerprint density at radius 2 is 2.27 bits per heavy atom. The molecule has 1 heterocycles. The van der Waals surface area contributed by atoms with Crippen LogP contribution < -0.4 is 5.32 Å². The van der Waals surface area contributed by atoms with Crippen molar-refractivity contribution in [1.82, 2.24) is 4.98 Å². The van der Waals surface area contributed by atoms with Gasteiger partial charge in [0.2, 0.25) is 0 Å². The molecule has 2 aromatic rings. The van der Waals surface area contributed by atoms with E-state index in [0.29, 0.717) is 6.04 Å². The topological polar surface area (TPSA) is 24.9 Å². The number of fused-ring (bicyclic) bond motifs is 1. The SMILES string of the molecule is Cc1nc2cc(NC3CCC3)ccc2s1. The van der Waals surface area contributed by atoms with Crippen LogP contribution >= 0.6 is 11.3 Å². The van der Waals surface area contributed by atoms with E-state index in [9.17, 15) is 0 Å². The molecule has 78 valence electrons. The van der Waals surface area contributed by atoms with Crippen LogP contribution in [0.25, 0.3) is 10.2 Å². The first-order valence-electron chi connectivity index (χ1n) is 5.45. The zero-order chi connectivity index (χ0) is 10.3. The first-order valence-corrected chi connectivity index (χ1v) is 6.27. The maximum atomic E-state index is 4.50. The molecule has 1 aromatic carbocycles. The summed E-state index contributed by atoms with van der Waals surface area (Å²) in [6.07, 6.45) is 4.00. The molecule has 3 rings (SSSR count). The highest BCUT2D eigenvalue weighted by atomic mass is 32.1. The summed E-state index contributed by atoms with van der Waals surface area (Å²) in [7, 11) is 0. The van der Waals surface area contributed by atoms with Gasteiger partial charge < -0.3 is 5.32 Å². The van der Waals surface area contributed by atoms with E-state index in [1.54, 1.807) is 11.3 Å². The number of rotatable bonds is 2. The van der Waals surface area contributed by atoms with Gasteiger partial charge in [-0.3, -0.25) is 0 Å². The molecule has 1 aliphatic rings. The van der Waals surface area contributed by atoms with E-state index in [1.807, 2.05) is 0 Å². The molecule has 3 heteroatoms. The average Bonchev–Trinajstić information content (AvgIpc) is 2.50. The Bertz CT molecular complexity index is 485. The van der Waals surface area contributed by atoms with E-state index in [-0.39, 0.29) is 0 Å². The van der Waals surface area contributed by atoms with Gasteiger partial charge in [-0.15, -0.1) is 11.3 Å². The van der Waals surface area contributed by atoms with Gasteiger partial charge in [0.25, 0.3) is 0 Å². The van der Waals surface area contributed by atoms with Gasteiger partial charge in [0.15, 0.2) is 0 Å². The van der Waals surface area contributed by atoms with Gasteiger partial charge in [-0.05, 0) is 44.4 Å². The Hall–Kier alpha value is -1.09. The largest absolute Gasteiger partial charge is 0.382 e. The molecular weight excluding hydrogens is 204 g/mol. The van der Waals surface area contributed by atoms with Crippen molar-refractivity contribution < 1.29 is 0 Å². The second kappa shape index (κ2) is 3.49. The Balaban J connectivity index is 1.90. The number of thiazole rings is 1. The van der Waals surface area contributed by atoms with Gasteiger partial charge in [0.1, 0.15) is 0 Å². The molecule has 0 radical (unpaired) electrons. The van der Waals surface area contributed by atoms with Gasteiger partial charge in [0.05, 0.1) is 15.2 Å².